The maximum absolute atomic E-state index is 12.2. The molecule has 0 bridgehead atoms. The molecule has 1 aromatic carbocycles. The lowest BCUT2D eigenvalue weighted by Gasteiger charge is -2.10. The topological polar surface area (TPSA) is 57.6 Å². The van der Waals surface area contributed by atoms with Crippen LogP contribution in [0.4, 0.5) is 0 Å². The Bertz CT molecular complexity index is 794. The highest BCUT2D eigenvalue weighted by Crippen LogP contribution is 2.35. The Morgan fingerprint density at radius 3 is 2.90 bits per heavy atom. The molecule has 0 spiro atoms. The second-order valence-electron chi connectivity index (χ2n) is 4.35. The molecule has 2 aromatic rings. The van der Waals surface area contributed by atoms with Crippen LogP contribution in [-0.2, 0) is 9.59 Å². The summed E-state index contributed by atoms with van der Waals surface area (Å²) in [5.41, 5.74) is 0.950. The lowest BCUT2D eigenvalue weighted by Crippen LogP contribution is -2.33. The number of carboxylic acids is 1. The molecule has 0 unspecified atom stereocenters. The Morgan fingerprint density at radius 2 is 2.14 bits per heavy atom. The number of carbonyl (C=O) groups excluding carboxylic acids is 1. The average molecular weight is 335 g/mol. The number of carbonyl (C=O) groups is 2. The molecule has 106 valence electrons. The number of hydrogen-bond donors (Lipinski definition) is 1. The molecule has 1 fully saturated rings. The van der Waals surface area contributed by atoms with Gasteiger partial charge in [-0.05, 0) is 28.5 Å². The summed E-state index contributed by atoms with van der Waals surface area (Å²) in [4.78, 5) is 24.5. The third-order valence-electron chi connectivity index (χ3n) is 2.96. The monoisotopic (exact) mass is 335 g/mol. The number of thiocarbonyl (C=S) groups is 1. The third kappa shape index (κ3) is 2.72. The van der Waals surface area contributed by atoms with Crippen molar-refractivity contribution in [1.82, 2.24) is 4.90 Å². The molecular formula is C14H9NO3S3. The number of carboxylic acid groups (broad SMARTS) is 1. The number of amides is 1. The zero-order valence-electron chi connectivity index (χ0n) is 10.6. The number of nitrogens with zero attached hydrogens (tertiary/aromatic N) is 1. The van der Waals surface area contributed by atoms with Crippen molar-refractivity contribution in [1.29, 1.82) is 0 Å². The number of hydrogen-bond acceptors (Lipinski definition) is 5. The van der Waals surface area contributed by atoms with E-state index < -0.39 is 12.5 Å². The largest absolute Gasteiger partial charge is 0.480 e. The number of rotatable bonds is 3. The number of thioether (sulfide) groups is 1. The van der Waals surface area contributed by atoms with Crippen molar-refractivity contribution in [3.63, 3.8) is 0 Å². The zero-order chi connectivity index (χ0) is 15.0. The molecule has 1 aromatic heterocycles. The molecule has 0 atom stereocenters. The van der Waals surface area contributed by atoms with Gasteiger partial charge in [0.2, 0.25) is 0 Å². The van der Waals surface area contributed by atoms with Gasteiger partial charge in [0.25, 0.3) is 5.91 Å². The molecule has 0 saturated carbocycles. The Morgan fingerprint density at radius 1 is 1.38 bits per heavy atom. The van der Waals surface area contributed by atoms with Gasteiger partial charge < -0.3 is 5.11 Å². The van der Waals surface area contributed by atoms with Crippen LogP contribution < -0.4 is 0 Å². The number of benzene rings is 1. The molecule has 1 amide bonds. The van der Waals surface area contributed by atoms with Crippen LogP contribution in [0.3, 0.4) is 0 Å². The number of fused-ring (bicyclic) bond motifs is 1. The highest BCUT2D eigenvalue weighted by atomic mass is 32.2. The summed E-state index contributed by atoms with van der Waals surface area (Å²) in [7, 11) is 0. The van der Waals surface area contributed by atoms with Gasteiger partial charge in [-0.15, -0.1) is 11.3 Å². The van der Waals surface area contributed by atoms with E-state index >= 15 is 0 Å². The minimum absolute atomic E-state index is 0.285. The first kappa shape index (κ1) is 14.2. The first-order chi connectivity index (χ1) is 10.1. The molecule has 4 nitrogen and oxygen atoms in total. The van der Waals surface area contributed by atoms with Gasteiger partial charge in [-0.3, -0.25) is 14.5 Å². The molecule has 3 rings (SSSR count). The summed E-state index contributed by atoms with van der Waals surface area (Å²) < 4.78 is 1.43. The number of thiophene rings is 1. The first-order valence-electron chi connectivity index (χ1n) is 5.99. The minimum Gasteiger partial charge on any atom is -0.480 e. The van der Waals surface area contributed by atoms with Crippen LogP contribution in [0.15, 0.2) is 34.6 Å². The van der Waals surface area contributed by atoms with Crippen LogP contribution in [-0.4, -0.2) is 32.7 Å². The summed E-state index contributed by atoms with van der Waals surface area (Å²) in [6, 6.07) is 7.93. The Labute approximate surface area is 134 Å². The quantitative estimate of drug-likeness (QED) is 0.689. The van der Waals surface area contributed by atoms with Gasteiger partial charge >= 0.3 is 5.97 Å². The van der Waals surface area contributed by atoms with Gasteiger partial charge in [0, 0.05) is 4.70 Å². The van der Waals surface area contributed by atoms with E-state index in [9.17, 15) is 9.59 Å². The van der Waals surface area contributed by atoms with Crippen LogP contribution in [0.1, 0.15) is 5.56 Å². The van der Waals surface area contributed by atoms with Crippen LogP contribution in [0, 0.1) is 0 Å². The summed E-state index contributed by atoms with van der Waals surface area (Å²) in [6.45, 7) is -0.396. The maximum atomic E-state index is 12.2. The van der Waals surface area contributed by atoms with Gasteiger partial charge in [0.15, 0.2) is 0 Å². The standard InChI is InChI=1S/C14H9NO3S3/c16-12(17)6-15-13(18)11(21-14(15)19)5-8-7-20-10-4-2-1-3-9(8)10/h1-5,7H,6H2,(H,16,17)/b11-5+. The molecule has 1 saturated heterocycles. The maximum Gasteiger partial charge on any atom is 0.323 e. The zero-order valence-corrected chi connectivity index (χ0v) is 13.1. The van der Waals surface area contributed by atoms with E-state index in [2.05, 4.69) is 0 Å². The highest BCUT2D eigenvalue weighted by molar-refractivity contribution is 8.26. The highest BCUT2D eigenvalue weighted by Gasteiger charge is 2.33. The van der Waals surface area contributed by atoms with E-state index in [0.29, 0.717) is 4.91 Å². The van der Waals surface area contributed by atoms with E-state index in [1.165, 1.54) is 0 Å². The molecule has 0 aliphatic carbocycles. The molecule has 1 aliphatic heterocycles. The Balaban J connectivity index is 1.95. The SMILES string of the molecule is O=C(O)CN1C(=O)/C(=C\c2csc3ccccc23)SC1=S. The fourth-order valence-electron chi connectivity index (χ4n) is 2.02. The van der Waals surface area contributed by atoms with Crippen molar-refractivity contribution in [3.05, 3.63) is 40.1 Å². The van der Waals surface area contributed by atoms with E-state index in [1.54, 1.807) is 17.4 Å². The molecule has 0 radical (unpaired) electrons. The second-order valence-corrected chi connectivity index (χ2v) is 6.94. The molecule has 21 heavy (non-hydrogen) atoms. The minimum atomic E-state index is -1.08. The van der Waals surface area contributed by atoms with E-state index in [-0.39, 0.29) is 10.2 Å². The van der Waals surface area contributed by atoms with Crippen LogP contribution in [0.25, 0.3) is 16.2 Å². The predicted molar refractivity (Wildman–Crippen MR) is 89.3 cm³/mol. The van der Waals surface area contributed by atoms with Gasteiger partial charge in [-0.2, -0.15) is 0 Å². The lowest BCUT2D eigenvalue weighted by atomic mass is 10.1. The Kier molecular flexibility index (Phi) is 3.79. The van der Waals surface area contributed by atoms with Gasteiger partial charge in [0.1, 0.15) is 10.9 Å². The van der Waals surface area contributed by atoms with Gasteiger partial charge in [0.05, 0.1) is 4.91 Å². The second kappa shape index (κ2) is 5.59. The Hall–Kier alpha value is -1.70. The van der Waals surface area contributed by atoms with Crippen LogP contribution in [0.5, 0.6) is 0 Å². The predicted octanol–water partition coefficient (Wildman–Crippen LogP) is 3.19. The van der Waals surface area contributed by atoms with Crippen molar-refractivity contribution < 1.29 is 14.7 Å². The van der Waals surface area contributed by atoms with Crippen molar-refractivity contribution in [2.45, 2.75) is 0 Å². The van der Waals surface area contributed by atoms with Crippen molar-refractivity contribution >= 4 is 67.7 Å². The number of aliphatic carboxylic acids is 1. The smallest absolute Gasteiger partial charge is 0.323 e. The molecular weight excluding hydrogens is 326 g/mol. The van der Waals surface area contributed by atoms with Crippen LogP contribution >= 0.6 is 35.3 Å². The van der Waals surface area contributed by atoms with Crippen LogP contribution in [0.2, 0.25) is 0 Å². The van der Waals surface area contributed by atoms with Gasteiger partial charge in [-0.25, -0.2) is 0 Å². The fraction of sp³-hybridized carbons (Fsp3) is 0.0714. The third-order valence-corrected chi connectivity index (χ3v) is 5.32. The van der Waals surface area contributed by atoms with Crippen molar-refractivity contribution in [2.75, 3.05) is 6.54 Å². The normalized spacial score (nSPS) is 17.1. The summed E-state index contributed by atoms with van der Waals surface area (Å²) >= 11 is 7.82. The van der Waals surface area contributed by atoms with Crippen molar-refractivity contribution in [2.24, 2.45) is 0 Å². The fourth-order valence-corrected chi connectivity index (χ4v) is 4.19. The first-order valence-corrected chi connectivity index (χ1v) is 8.10. The average Bonchev–Trinajstić information content (AvgIpc) is 2.96. The van der Waals surface area contributed by atoms with Crippen molar-refractivity contribution in [3.8, 4) is 0 Å². The molecule has 1 aliphatic rings. The lowest BCUT2D eigenvalue weighted by molar-refractivity contribution is -0.140. The molecule has 2 heterocycles. The van der Waals surface area contributed by atoms with E-state index in [4.69, 9.17) is 17.3 Å². The van der Waals surface area contributed by atoms with Gasteiger partial charge in [-0.1, -0.05) is 42.2 Å². The summed E-state index contributed by atoms with van der Waals surface area (Å²) in [5.74, 6) is -1.42. The van der Waals surface area contributed by atoms with E-state index in [1.807, 2.05) is 29.6 Å². The molecule has 7 heteroatoms. The summed E-state index contributed by atoms with van der Waals surface area (Å²) in [6.07, 6.45) is 1.78. The summed E-state index contributed by atoms with van der Waals surface area (Å²) in [5, 5.41) is 11.9. The molecule has 1 N–H and O–H groups in total. The van der Waals surface area contributed by atoms with E-state index in [0.717, 1.165) is 32.3 Å².